The lowest BCUT2D eigenvalue weighted by molar-refractivity contribution is -0.124. The standard InChI is InChI=1S/C22H27N3O3S/c1-28-18-12-10-16(11-13-18)23-20(26)14-19-21(27)25(17-8-4-5-9-17)22(29-19)24-15-6-2-3-7-15/h10-15,17H,2-9H2,1H3,(H,23,26)/b19-14+,24-22?. The molecule has 1 N–H and O–H groups in total. The Hall–Kier alpha value is -2.28. The molecule has 29 heavy (non-hydrogen) atoms. The molecule has 0 radical (unpaired) electrons. The number of aliphatic imine (C=N–C) groups is 1. The van der Waals surface area contributed by atoms with Crippen molar-refractivity contribution in [1.29, 1.82) is 0 Å². The molecule has 2 amide bonds. The van der Waals surface area contributed by atoms with E-state index in [1.807, 2.05) is 4.90 Å². The molecule has 0 bridgehead atoms. The van der Waals surface area contributed by atoms with Crippen LogP contribution in [0.4, 0.5) is 5.69 Å². The first-order valence-electron chi connectivity index (χ1n) is 10.4. The Bertz CT molecular complexity index is 822. The Morgan fingerprint density at radius 3 is 2.45 bits per heavy atom. The number of amides is 2. The maximum absolute atomic E-state index is 13.1. The number of rotatable bonds is 5. The normalized spacial score (nSPS) is 23.5. The van der Waals surface area contributed by atoms with Gasteiger partial charge >= 0.3 is 0 Å². The first kappa shape index (κ1) is 20.0. The monoisotopic (exact) mass is 413 g/mol. The number of thioether (sulfide) groups is 1. The number of carbonyl (C=O) groups excluding carboxylic acids is 2. The van der Waals surface area contributed by atoms with Crippen LogP contribution in [0.1, 0.15) is 51.4 Å². The van der Waals surface area contributed by atoms with E-state index in [2.05, 4.69) is 5.32 Å². The number of amidine groups is 1. The minimum absolute atomic E-state index is 0.0801. The van der Waals surface area contributed by atoms with Crippen molar-refractivity contribution in [2.24, 2.45) is 4.99 Å². The Kier molecular flexibility index (Phi) is 6.23. The molecule has 1 aromatic carbocycles. The Morgan fingerprint density at radius 2 is 1.79 bits per heavy atom. The van der Waals surface area contributed by atoms with E-state index < -0.39 is 0 Å². The van der Waals surface area contributed by atoms with Crippen LogP contribution in [-0.4, -0.2) is 41.1 Å². The van der Waals surface area contributed by atoms with Crippen LogP contribution < -0.4 is 10.1 Å². The van der Waals surface area contributed by atoms with Gasteiger partial charge in [-0.2, -0.15) is 0 Å². The molecule has 0 aromatic heterocycles. The summed E-state index contributed by atoms with van der Waals surface area (Å²) in [5.41, 5.74) is 0.663. The zero-order chi connectivity index (χ0) is 20.2. The molecule has 7 heteroatoms. The summed E-state index contributed by atoms with van der Waals surface area (Å²) < 4.78 is 5.13. The number of methoxy groups -OCH3 is 1. The number of nitrogens with one attached hydrogen (secondary N) is 1. The quantitative estimate of drug-likeness (QED) is 0.729. The van der Waals surface area contributed by atoms with E-state index in [9.17, 15) is 9.59 Å². The fraction of sp³-hybridized carbons (Fsp3) is 0.500. The summed E-state index contributed by atoms with van der Waals surface area (Å²) in [6, 6.07) is 7.64. The number of benzene rings is 1. The minimum Gasteiger partial charge on any atom is -0.497 e. The van der Waals surface area contributed by atoms with Gasteiger partial charge in [-0.3, -0.25) is 19.5 Å². The lowest BCUT2D eigenvalue weighted by Crippen LogP contribution is -2.38. The highest BCUT2D eigenvalue weighted by atomic mass is 32.2. The molecule has 1 aromatic rings. The van der Waals surface area contributed by atoms with Crippen LogP contribution in [0.3, 0.4) is 0 Å². The number of hydrogen-bond acceptors (Lipinski definition) is 5. The molecule has 1 aliphatic heterocycles. The SMILES string of the molecule is COc1ccc(NC(=O)/C=C2/SC(=NC3CCCC3)N(C3CCCC3)C2=O)cc1. The third-order valence-corrected chi connectivity index (χ3v) is 6.76. The molecule has 4 rings (SSSR count). The van der Waals surface area contributed by atoms with Crippen LogP contribution in [0.15, 0.2) is 40.2 Å². The van der Waals surface area contributed by atoms with E-state index >= 15 is 0 Å². The Labute approximate surface area is 175 Å². The number of anilines is 1. The Morgan fingerprint density at radius 1 is 1.14 bits per heavy atom. The van der Waals surface area contributed by atoms with Gasteiger partial charge in [0.25, 0.3) is 5.91 Å². The fourth-order valence-corrected chi connectivity index (χ4v) is 5.30. The highest BCUT2D eigenvalue weighted by Gasteiger charge is 2.40. The van der Waals surface area contributed by atoms with Gasteiger partial charge in [-0.05, 0) is 61.7 Å². The molecule has 2 saturated carbocycles. The number of ether oxygens (including phenoxy) is 1. The van der Waals surface area contributed by atoms with Gasteiger partial charge in [-0.15, -0.1) is 0 Å². The van der Waals surface area contributed by atoms with Crippen molar-refractivity contribution >= 4 is 34.4 Å². The average Bonchev–Trinajstić information content (AvgIpc) is 3.46. The van der Waals surface area contributed by atoms with Gasteiger partial charge in [-0.1, -0.05) is 25.7 Å². The summed E-state index contributed by atoms with van der Waals surface area (Å²) in [7, 11) is 1.60. The lowest BCUT2D eigenvalue weighted by Gasteiger charge is -2.23. The summed E-state index contributed by atoms with van der Waals surface area (Å²) in [6.07, 6.45) is 10.3. The van der Waals surface area contributed by atoms with Crippen LogP contribution in [0, 0.1) is 0 Å². The van der Waals surface area contributed by atoms with Crippen molar-refractivity contribution in [1.82, 2.24) is 4.90 Å². The highest BCUT2D eigenvalue weighted by Crippen LogP contribution is 2.38. The van der Waals surface area contributed by atoms with E-state index in [4.69, 9.17) is 9.73 Å². The van der Waals surface area contributed by atoms with E-state index in [1.54, 1.807) is 31.4 Å². The molecule has 0 spiro atoms. The molecule has 3 fully saturated rings. The van der Waals surface area contributed by atoms with E-state index in [1.165, 1.54) is 30.7 Å². The van der Waals surface area contributed by atoms with Crippen LogP contribution in [0.2, 0.25) is 0 Å². The Balaban J connectivity index is 1.51. The molecule has 1 saturated heterocycles. The predicted molar refractivity (Wildman–Crippen MR) is 116 cm³/mol. The largest absolute Gasteiger partial charge is 0.497 e. The number of nitrogens with zero attached hydrogens (tertiary/aromatic N) is 2. The van der Waals surface area contributed by atoms with Gasteiger partial charge in [-0.25, -0.2) is 0 Å². The van der Waals surface area contributed by atoms with Crippen LogP contribution >= 0.6 is 11.8 Å². The van der Waals surface area contributed by atoms with Gasteiger partial charge in [0.15, 0.2) is 5.17 Å². The van der Waals surface area contributed by atoms with Gasteiger partial charge in [0.05, 0.1) is 18.1 Å². The molecule has 6 nitrogen and oxygen atoms in total. The summed E-state index contributed by atoms with van der Waals surface area (Å²) in [5.74, 6) is 0.339. The maximum atomic E-state index is 13.1. The molecule has 154 valence electrons. The number of hydrogen-bond donors (Lipinski definition) is 1. The topological polar surface area (TPSA) is 71.0 Å². The second-order valence-electron chi connectivity index (χ2n) is 7.79. The molecular formula is C22H27N3O3S. The third-order valence-electron chi connectivity index (χ3n) is 5.76. The smallest absolute Gasteiger partial charge is 0.267 e. The number of carbonyl (C=O) groups is 2. The van der Waals surface area contributed by atoms with Crippen LogP contribution in [0.5, 0.6) is 5.75 Å². The fourth-order valence-electron chi connectivity index (χ4n) is 4.22. The molecule has 2 aliphatic carbocycles. The summed E-state index contributed by atoms with van der Waals surface area (Å²) in [6.45, 7) is 0. The van der Waals surface area contributed by atoms with Crippen molar-refractivity contribution < 1.29 is 14.3 Å². The minimum atomic E-state index is -0.306. The maximum Gasteiger partial charge on any atom is 0.267 e. The zero-order valence-electron chi connectivity index (χ0n) is 16.7. The van der Waals surface area contributed by atoms with Crippen molar-refractivity contribution in [3.05, 3.63) is 35.2 Å². The van der Waals surface area contributed by atoms with Crippen molar-refractivity contribution in [3.8, 4) is 5.75 Å². The molecular weight excluding hydrogens is 386 g/mol. The molecule has 0 atom stereocenters. The first-order chi connectivity index (χ1) is 14.1. The van der Waals surface area contributed by atoms with Gasteiger partial charge < -0.3 is 10.1 Å². The first-order valence-corrected chi connectivity index (χ1v) is 11.2. The summed E-state index contributed by atoms with van der Waals surface area (Å²) in [4.78, 5) is 32.8. The van der Waals surface area contributed by atoms with Crippen molar-refractivity contribution in [2.45, 2.75) is 63.5 Å². The van der Waals surface area contributed by atoms with Gasteiger partial charge in [0, 0.05) is 17.8 Å². The van der Waals surface area contributed by atoms with Crippen LogP contribution in [0.25, 0.3) is 0 Å². The van der Waals surface area contributed by atoms with E-state index in [0.717, 1.165) is 49.4 Å². The zero-order valence-corrected chi connectivity index (χ0v) is 17.5. The second-order valence-corrected chi connectivity index (χ2v) is 8.80. The molecule has 3 aliphatic rings. The van der Waals surface area contributed by atoms with Gasteiger partial charge in [0.2, 0.25) is 5.91 Å². The average molecular weight is 414 g/mol. The molecule has 0 unspecified atom stereocenters. The second kappa shape index (κ2) is 9.03. The summed E-state index contributed by atoms with van der Waals surface area (Å²) >= 11 is 1.35. The lowest BCUT2D eigenvalue weighted by atomic mass is 10.2. The van der Waals surface area contributed by atoms with E-state index in [0.29, 0.717) is 16.6 Å². The molecule has 1 heterocycles. The highest BCUT2D eigenvalue weighted by molar-refractivity contribution is 8.18. The van der Waals surface area contributed by atoms with E-state index in [-0.39, 0.29) is 17.9 Å². The van der Waals surface area contributed by atoms with Crippen molar-refractivity contribution in [3.63, 3.8) is 0 Å². The van der Waals surface area contributed by atoms with Crippen molar-refractivity contribution in [2.75, 3.05) is 12.4 Å². The summed E-state index contributed by atoms with van der Waals surface area (Å²) in [5, 5.41) is 3.61. The third kappa shape index (κ3) is 4.66. The predicted octanol–water partition coefficient (Wildman–Crippen LogP) is 4.33. The van der Waals surface area contributed by atoms with Gasteiger partial charge in [0.1, 0.15) is 5.75 Å². The van der Waals surface area contributed by atoms with Crippen LogP contribution in [-0.2, 0) is 9.59 Å².